The summed E-state index contributed by atoms with van der Waals surface area (Å²) in [5, 5.41) is 0. The van der Waals surface area contributed by atoms with Crippen molar-refractivity contribution in [2.24, 2.45) is 59.0 Å². The molecule has 78 heavy (non-hydrogen) atoms. The van der Waals surface area contributed by atoms with E-state index in [1.165, 1.54) is 0 Å². The fourth-order valence-electron chi connectivity index (χ4n) is 9.06. The van der Waals surface area contributed by atoms with Gasteiger partial charge >= 0.3 is 0 Å². The van der Waals surface area contributed by atoms with Gasteiger partial charge in [0.25, 0.3) is 0 Å². The number of hydrogen-bond donors (Lipinski definition) is 0. The minimum Gasteiger partial charge on any atom is -0.201 e. The molecule has 0 spiro atoms. The van der Waals surface area contributed by atoms with Gasteiger partial charge in [0.05, 0.1) is 0 Å². The van der Waals surface area contributed by atoms with E-state index in [4.69, 9.17) is 23.3 Å². The van der Waals surface area contributed by atoms with Gasteiger partial charge in [-0.05, 0) is 167 Å². The molecule has 3 heteroatoms. The third-order valence-electron chi connectivity index (χ3n) is 11.8. The summed E-state index contributed by atoms with van der Waals surface area (Å²) in [4.78, 5) is 0. The van der Waals surface area contributed by atoms with Crippen LogP contribution in [0.2, 0.25) is 0 Å². The van der Waals surface area contributed by atoms with Crippen LogP contribution in [-0.4, -0.2) is 0 Å². The first-order valence-electron chi connectivity index (χ1n) is 36.4. The van der Waals surface area contributed by atoms with Crippen LogP contribution in [0.25, 0.3) is 33.8 Å². The molecule has 426 valence electrons. The van der Waals surface area contributed by atoms with Crippen molar-refractivity contribution in [1.29, 1.82) is 0 Å². The van der Waals surface area contributed by atoms with Crippen molar-refractivity contribution in [2.45, 2.75) is 218 Å². The summed E-state index contributed by atoms with van der Waals surface area (Å²) < 4.78 is 153. The van der Waals surface area contributed by atoms with Gasteiger partial charge in [-0.15, -0.1) is 0 Å². The molecular weight excluding hydrogens is 943 g/mol. The maximum atomic E-state index is 9.05. The molecule has 6 rings (SSSR count). The van der Waals surface area contributed by atoms with E-state index in [1.807, 2.05) is 245 Å². The third-order valence-corrected chi connectivity index (χ3v) is 11.8. The molecule has 6 aromatic rings. The summed E-state index contributed by atoms with van der Waals surface area (Å²) in [6, 6.07) is 24.0. The molecule has 0 aliphatic carbocycles. The van der Waals surface area contributed by atoms with E-state index >= 15 is 0 Å². The first-order valence-corrected chi connectivity index (χ1v) is 27.9. The SMILES string of the molecule is [2H]C([2H])([2H])c1ccc(-c2cc(C([2H])([2H])C(C)(C)C)c(C([2H])([2H])C(C)(C)C)c[n+]2C)c(C)c1.[2H]C([2H])(c1cc(-c2ccccc2C)[n+](C)cc1C([2H])([2H])C(C)(C)C)C(C)(C)C.[2H]C([2H])(c1ccc(-c2cc(C([2H])([2H])C(C)(C)C)c(C([2H])([2H])C(C)(C)C)c[n+]2C)c(C)c1)C(C)(C)C. The molecule has 0 radical (unpaired) electrons. The van der Waals surface area contributed by atoms with Crippen molar-refractivity contribution in [3.63, 3.8) is 0 Å². The quantitative estimate of drug-likeness (QED) is 0.121. The molecule has 3 aromatic carbocycles. The summed E-state index contributed by atoms with van der Waals surface area (Å²) >= 11 is 0. The lowest BCUT2D eigenvalue weighted by Gasteiger charge is -2.24. The Kier molecular flexibility index (Phi) is 14.2. The molecular formula is C75H114N3+3. The van der Waals surface area contributed by atoms with Gasteiger partial charge in [0.2, 0.25) is 17.1 Å². The Morgan fingerprint density at radius 2 is 0.628 bits per heavy atom. The predicted molar refractivity (Wildman–Crippen MR) is 340 cm³/mol. The van der Waals surface area contributed by atoms with E-state index < -0.39 is 89.4 Å². The lowest BCUT2D eigenvalue weighted by atomic mass is 9.81. The number of benzene rings is 3. The number of aryl methyl sites for hydroxylation is 7. The zero-order valence-corrected chi connectivity index (χ0v) is 53.6. The molecule has 0 aliphatic heterocycles. The summed E-state index contributed by atoms with van der Waals surface area (Å²) in [6.45, 7) is 42.4. The number of nitrogens with zero attached hydrogens (tertiary/aromatic N) is 3. The molecule has 3 aromatic heterocycles. The standard InChI is InChI=1S/C28H44N.C24H36N.C23H34N/c1-20-14-21(16-26(2,3)4)12-13-24(20)25-15-22(17-27(5,6)7)23(19-29(25)11)18-28(8,9)10;1-17-10-11-21(18(2)12-17)22-13-19(14-23(3,4)5)20(16-25(22)9)15-24(6,7)8;1-17-11-9-10-12-20(17)21-13-18(14-22(2,3)4)19(16-24(21)8)15-23(5,6)7/h12-15,19H,16-18H2,1-11H3;10-13,16H,14-15H2,1-9H3;9-13,16H,14-15H2,1-8H3/q3*+1/i16D2,17D2,18D2;1D3,14D2,15D2;14D2,15D2. The number of hydrogen-bond acceptors (Lipinski definition) is 0. The summed E-state index contributed by atoms with van der Waals surface area (Å²) in [5.74, 6) is 0. The van der Waals surface area contributed by atoms with Gasteiger partial charge in [0.15, 0.2) is 18.6 Å². The van der Waals surface area contributed by atoms with Gasteiger partial charge < -0.3 is 0 Å². The average molecular weight is 1070 g/mol. The van der Waals surface area contributed by atoms with Gasteiger partial charge in [0, 0.05) is 74.9 Å². The molecule has 0 bridgehead atoms. The molecule has 0 amide bonds. The van der Waals surface area contributed by atoms with Gasteiger partial charge in [-0.25, -0.2) is 13.7 Å². The van der Waals surface area contributed by atoms with E-state index in [0.29, 0.717) is 44.6 Å². The fraction of sp³-hybridized carbons (Fsp3) is 0.560. The second kappa shape index (κ2) is 25.3. The summed E-state index contributed by atoms with van der Waals surface area (Å²) in [7, 11) is 5.57. The number of rotatable bonds is 10. The molecule has 0 fully saturated rings. The van der Waals surface area contributed by atoms with Crippen molar-refractivity contribution in [1.82, 2.24) is 0 Å². The minimum absolute atomic E-state index is 0.257. The summed E-state index contributed by atoms with van der Waals surface area (Å²) in [6.07, 6.45) is -6.84. The Bertz CT molecular complexity index is 3750. The third kappa shape index (κ3) is 21.6. The van der Waals surface area contributed by atoms with Gasteiger partial charge in [-0.2, -0.15) is 0 Å². The Hall–Kier alpha value is -4.89. The Labute approximate surface area is 504 Å². The second-order valence-electron chi connectivity index (χ2n) is 28.8. The maximum Gasteiger partial charge on any atom is 0.212 e. The Morgan fingerprint density at radius 3 is 0.923 bits per heavy atom. The number of pyridine rings is 3. The van der Waals surface area contributed by atoms with Crippen molar-refractivity contribution in [3.05, 3.63) is 159 Å². The topological polar surface area (TPSA) is 11.6 Å². The monoisotopic (exact) mass is 1070 g/mol. The van der Waals surface area contributed by atoms with E-state index in [-0.39, 0.29) is 5.56 Å². The molecule has 3 heterocycles. The van der Waals surface area contributed by atoms with Crippen LogP contribution in [0.4, 0.5) is 0 Å². The highest BCUT2D eigenvalue weighted by atomic mass is 14.9. The van der Waals surface area contributed by atoms with Crippen LogP contribution in [-0.2, 0) is 65.8 Å². The smallest absolute Gasteiger partial charge is 0.201 e. The lowest BCUT2D eigenvalue weighted by Crippen LogP contribution is -2.33. The van der Waals surface area contributed by atoms with Gasteiger partial charge in [-0.3, -0.25) is 0 Å². The first-order chi connectivity index (χ1) is 42.0. The highest BCUT2D eigenvalue weighted by Crippen LogP contribution is 2.35. The van der Waals surface area contributed by atoms with E-state index in [0.717, 1.165) is 44.8 Å². The fourth-order valence-corrected chi connectivity index (χ4v) is 9.06. The first kappa shape index (κ1) is 43.9. The normalized spacial score (nSPS) is 17.4. The lowest BCUT2D eigenvalue weighted by molar-refractivity contribution is -0.661. The zero-order chi connectivity index (χ0) is 74.4. The Balaban J connectivity index is 0.000000305. The van der Waals surface area contributed by atoms with Crippen molar-refractivity contribution in [2.75, 3.05) is 0 Å². The predicted octanol–water partition coefficient (Wildman–Crippen LogP) is 18.9. The van der Waals surface area contributed by atoms with Gasteiger partial charge in [0.1, 0.15) is 21.1 Å². The molecule has 0 aliphatic rings. The molecule has 0 atom stereocenters. The molecule has 0 unspecified atom stereocenters. The van der Waals surface area contributed by atoms with Crippen LogP contribution < -0.4 is 13.7 Å². The van der Waals surface area contributed by atoms with Crippen molar-refractivity contribution < 1.29 is 37.0 Å². The molecule has 0 N–H and O–H groups in total. The number of aromatic nitrogens is 3. The van der Waals surface area contributed by atoms with Crippen LogP contribution in [0, 0.1) is 65.5 Å². The average Bonchev–Trinajstić information content (AvgIpc) is 0.747. The van der Waals surface area contributed by atoms with Crippen LogP contribution in [0.5, 0.6) is 0 Å². The van der Waals surface area contributed by atoms with Crippen LogP contribution >= 0.6 is 0 Å². The van der Waals surface area contributed by atoms with Gasteiger partial charge in [-0.1, -0.05) is 193 Å². The summed E-state index contributed by atoms with van der Waals surface area (Å²) in [5.41, 5.74) is 5.93. The van der Waals surface area contributed by atoms with E-state index in [1.54, 1.807) is 53.5 Å². The maximum absolute atomic E-state index is 9.05. The van der Waals surface area contributed by atoms with E-state index in [9.17, 15) is 0 Å². The van der Waals surface area contributed by atoms with E-state index in [2.05, 4.69) is 0 Å². The highest BCUT2D eigenvalue weighted by molar-refractivity contribution is 5.64. The molecule has 3 nitrogen and oxygen atoms in total. The van der Waals surface area contributed by atoms with Crippen molar-refractivity contribution in [3.8, 4) is 33.8 Å². The van der Waals surface area contributed by atoms with Crippen LogP contribution in [0.3, 0.4) is 0 Å². The second-order valence-corrected chi connectivity index (χ2v) is 28.8. The van der Waals surface area contributed by atoms with Crippen molar-refractivity contribution >= 4 is 0 Å². The molecule has 0 saturated heterocycles. The zero-order valence-electron chi connectivity index (χ0n) is 70.6. The minimum atomic E-state index is -2.20. The Morgan fingerprint density at radius 1 is 0.333 bits per heavy atom. The highest BCUT2D eigenvalue weighted by Gasteiger charge is 2.28. The molecule has 0 saturated carbocycles. The van der Waals surface area contributed by atoms with Crippen LogP contribution in [0.15, 0.2) is 97.5 Å². The largest absolute Gasteiger partial charge is 0.212 e. The van der Waals surface area contributed by atoms with Crippen LogP contribution in [0.1, 0.15) is 230 Å².